The van der Waals surface area contributed by atoms with Crippen LogP contribution < -0.4 is 5.32 Å². The zero-order valence-corrected chi connectivity index (χ0v) is 14.9. The third-order valence-electron chi connectivity index (χ3n) is 3.78. The zero-order valence-electron chi connectivity index (χ0n) is 14.9. The highest BCUT2D eigenvalue weighted by Gasteiger charge is 2.30. The van der Waals surface area contributed by atoms with Crippen molar-refractivity contribution in [2.75, 3.05) is 20.6 Å². The first-order chi connectivity index (χ1) is 12.3. The van der Waals surface area contributed by atoms with E-state index in [2.05, 4.69) is 22.2 Å². The topological polar surface area (TPSA) is 32.6 Å². The lowest BCUT2D eigenvalue weighted by Gasteiger charge is -2.21. The van der Waals surface area contributed by atoms with Crippen LogP contribution >= 0.6 is 0 Å². The second kappa shape index (κ2) is 8.48. The number of hydrogen-bond acceptors (Lipinski definition) is 1. The van der Waals surface area contributed by atoms with Gasteiger partial charge in [-0.25, -0.2) is 0 Å². The molecule has 1 N–H and O–H groups in total. The van der Waals surface area contributed by atoms with E-state index in [-0.39, 0.29) is 6.54 Å². The molecule has 4 nitrogen and oxygen atoms in total. The Morgan fingerprint density at radius 3 is 2.65 bits per heavy atom. The van der Waals surface area contributed by atoms with Crippen LogP contribution in [-0.4, -0.2) is 36.1 Å². The average molecular weight is 362 g/mol. The predicted molar refractivity (Wildman–Crippen MR) is 96.6 cm³/mol. The molecule has 0 bridgehead atoms. The van der Waals surface area contributed by atoms with Crippen LogP contribution in [0.5, 0.6) is 0 Å². The van der Waals surface area contributed by atoms with Crippen molar-refractivity contribution in [2.24, 2.45) is 12.0 Å². The molecule has 0 radical (unpaired) electrons. The molecule has 0 atom stereocenters. The van der Waals surface area contributed by atoms with E-state index in [1.54, 1.807) is 13.1 Å². The third kappa shape index (κ3) is 5.31. The van der Waals surface area contributed by atoms with Crippen molar-refractivity contribution in [2.45, 2.75) is 12.7 Å². The molecule has 0 saturated carbocycles. The quantitative estimate of drug-likeness (QED) is 0.517. The van der Waals surface area contributed by atoms with Crippen molar-refractivity contribution >= 4 is 5.96 Å². The van der Waals surface area contributed by atoms with Gasteiger partial charge >= 0.3 is 6.18 Å². The van der Waals surface area contributed by atoms with Crippen molar-refractivity contribution < 1.29 is 13.2 Å². The molecule has 1 heterocycles. The first kappa shape index (κ1) is 19.4. The van der Waals surface area contributed by atoms with E-state index in [0.29, 0.717) is 18.1 Å². The Kier molecular flexibility index (Phi) is 6.34. The van der Waals surface area contributed by atoms with Crippen molar-refractivity contribution in [3.8, 4) is 11.8 Å². The molecule has 0 spiro atoms. The highest BCUT2D eigenvalue weighted by atomic mass is 19.4. The van der Waals surface area contributed by atoms with Gasteiger partial charge < -0.3 is 14.8 Å². The number of rotatable bonds is 3. The van der Waals surface area contributed by atoms with Gasteiger partial charge in [0.15, 0.2) is 5.96 Å². The Balaban J connectivity index is 1.94. The Morgan fingerprint density at radius 1 is 1.27 bits per heavy atom. The maximum Gasteiger partial charge on any atom is 0.416 e. The molecule has 7 heteroatoms. The van der Waals surface area contributed by atoms with Crippen LogP contribution in [0.1, 0.15) is 16.8 Å². The second-order valence-corrected chi connectivity index (χ2v) is 5.75. The molecule has 0 unspecified atom stereocenters. The molecule has 1 aromatic carbocycles. The van der Waals surface area contributed by atoms with Gasteiger partial charge in [0.25, 0.3) is 0 Å². The molecule has 0 aliphatic rings. The summed E-state index contributed by atoms with van der Waals surface area (Å²) < 4.78 is 40.1. The first-order valence-corrected chi connectivity index (χ1v) is 7.99. The molecule has 26 heavy (non-hydrogen) atoms. The molecule has 1 aromatic heterocycles. The van der Waals surface area contributed by atoms with Crippen LogP contribution in [0.4, 0.5) is 13.2 Å². The van der Waals surface area contributed by atoms with E-state index < -0.39 is 11.7 Å². The Morgan fingerprint density at radius 2 is 2.04 bits per heavy atom. The van der Waals surface area contributed by atoms with Crippen LogP contribution in [-0.2, 0) is 19.8 Å². The molecule has 0 fully saturated rings. The summed E-state index contributed by atoms with van der Waals surface area (Å²) in [6.45, 7) is 0.949. The normalized spacial score (nSPS) is 11.7. The molecular weight excluding hydrogens is 341 g/mol. The largest absolute Gasteiger partial charge is 0.416 e. The standard InChI is InChI=1S/C19H21F3N4/c1-23-18(26(3)14-17-10-6-12-25(17)2)24-11-5-8-15-7-4-9-16(13-15)19(20,21)22/h4,6-7,9-10,12-13H,11,14H2,1-3H3,(H,23,24). The summed E-state index contributed by atoms with van der Waals surface area (Å²) in [6, 6.07) is 8.98. The number of aliphatic imine (C=N–C) groups is 1. The van der Waals surface area contributed by atoms with Crippen molar-refractivity contribution in [3.05, 3.63) is 59.4 Å². The van der Waals surface area contributed by atoms with Crippen molar-refractivity contribution in [1.82, 2.24) is 14.8 Å². The van der Waals surface area contributed by atoms with Crippen LogP contribution in [0.15, 0.2) is 47.6 Å². The minimum atomic E-state index is -4.36. The summed E-state index contributed by atoms with van der Waals surface area (Å²) in [5.74, 6) is 6.23. The number of hydrogen-bond donors (Lipinski definition) is 1. The van der Waals surface area contributed by atoms with Crippen LogP contribution in [0, 0.1) is 11.8 Å². The lowest BCUT2D eigenvalue weighted by molar-refractivity contribution is -0.137. The zero-order chi connectivity index (χ0) is 19.2. The SMILES string of the molecule is CN=C(NCC#Cc1cccc(C(F)(F)F)c1)N(C)Cc1cccn1C. The number of alkyl halides is 3. The molecular formula is C19H21F3N4. The van der Waals surface area contributed by atoms with E-state index >= 15 is 0 Å². The summed E-state index contributed by atoms with van der Waals surface area (Å²) in [4.78, 5) is 6.14. The number of guanidine groups is 1. The van der Waals surface area contributed by atoms with Gasteiger partial charge in [0, 0.05) is 38.6 Å². The number of nitrogens with zero attached hydrogens (tertiary/aromatic N) is 3. The van der Waals surface area contributed by atoms with Crippen molar-refractivity contribution in [1.29, 1.82) is 0 Å². The van der Waals surface area contributed by atoms with Gasteiger partial charge in [-0.3, -0.25) is 4.99 Å². The summed E-state index contributed by atoms with van der Waals surface area (Å²) in [6.07, 6.45) is -2.39. The Labute approximate surface area is 151 Å². The Hall–Kier alpha value is -2.88. The van der Waals surface area contributed by atoms with E-state index in [9.17, 15) is 13.2 Å². The van der Waals surface area contributed by atoms with Crippen LogP contribution in [0.3, 0.4) is 0 Å². The van der Waals surface area contributed by atoms with Gasteiger partial charge in [0.05, 0.1) is 18.7 Å². The lowest BCUT2D eigenvalue weighted by Crippen LogP contribution is -2.38. The molecule has 0 aliphatic carbocycles. The third-order valence-corrected chi connectivity index (χ3v) is 3.78. The minimum absolute atomic E-state index is 0.278. The summed E-state index contributed by atoms with van der Waals surface area (Å²) in [5, 5.41) is 3.09. The number of halogens is 3. The van der Waals surface area contributed by atoms with Gasteiger partial charge in [0.2, 0.25) is 0 Å². The molecule has 0 saturated heterocycles. The van der Waals surface area contributed by atoms with Gasteiger partial charge in [0.1, 0.15) is 0 Å². The summed E-state index contributed by atoms with van der Waals surface area (Å²) in [5.41, 5.74) is 0.759. The van der Waals surface area contributed by atoms with Gasteiger partial charge in [-0.05, 0) is 30.3 Å². The average Bonchev–Trinajstić information content (AvgIpc) is 2.99. The van der Waals surface area contributed by atoms with Gasteiger partial charge in [-0.1, -0.05) is 17.9 Å². The molecule has 2 rings (SSSR count). The first-order valence-electron chi connectivity index (χ1n) is 7.99. The fourth-order valence-electron chi connectivity index (χ4n) is 2.41. The number of nitrogens with one attached hydrogen (secondary N) is 1. The number of benzene rings is 1. The van der Waals surface area contributed by atoms with Crippen LogP contribution in [0.2, 0.25) is 0 Å². The van der Waals surface area contributed by atoms with Gasteiger partial charge in [-0.2, -0.15) is 13.2 Å². The molecule has 0 amide bonds. The summed E-state index contributed by atoms with van der Waals surface area (Å²) >= 11 is 0. The highest BCUT2D eigenvalue weighted by Crippen LogP contribution is 2.29. The molecule has 0 aliphatic heterocycles. The monoisotopic (exact) mass is 362 g/mol. The van der Waals surface area contributed by atoms with E-state index in [1.807, 2.05) is 41.9 Å². The molecule has 138 valence electrons. The minimum Gasteiger partial charge on any atom is -0.353 e. The lowest BCUT2D eigenvalue weighted by atomic mass is 10.1. The van der Waals surface area contributed by atoms with Crippen molar-refractivity contribution in [3.63, 3.8) is 0 Å². The van der Waals surface area contributed by atoms with Crippen LogP contribution in [0.25, 0.3) is 0 Å². The van der Waals surface area contributed by atoms with E-state index in [0.717, 1.165) is 17.8 Å². The fourth-order valence-corrected chi connectivity index (χ4v) is 2.41. The maximum atomic E-state index is 12.7. The fraction of sp³-hybridized carbons (Fsp3) is 0.316. The number of aryl methyl sites for hydroxylation is 1. The molecule has 2 aromatic rings. The second-order valence-electron chi connectivity index (χ2n) is 5.75. The highest BCUT2D eigenvalue weighted by molar-refractivity contribution is 5.79. The predicted octanol–water partition coefficient (Wildman–Crippen LogP) is 3.10. The smallest absolute Gasteiger partial charge is 0.353 e. The Bertz CT molecular complexity index is 825. The maximum absolute atomic E-state index is 12.7. The summed E-state index contributed by atoms with van der Waals surface area (Å²) in [7, 11) is 5.55. The van der Waals surface area contributed by atoms with E-state index in [4.69, 9.17) is 0 Å². The van der Waals surface area contributed by atoms with Gasteiger partial charge in [-0.15, -0.1) is 0 Å². The van der Waals surface area contributed by atoms with E-state index in [1.165, 1.54) is 6.07 Å². The number of aromatic nitrogens is 1.